The molecule has 1 N–H and O–H groups in total. The predicted octanol–water partition coefficient (Wildman–Crippen LogP) is 3.18. The Kier molecular flexibility index (Phi) is 3.35. The van der Waals surface area contributed by atoms with Crippen molar-refractivity contribution in [2.24, 2.45) is 7.05 Å². The van der Waals surface area contributed by atoms with Gasteiger partial charge in [0.15, 0.2) is 0 Å². The highest BCUT2D eigenvalue weighted by Crippen LogP contribution is 2.25. The second-order valence-corrected chi connectivity index (χ2v) is 5.17. The SMILES string of the molecule is Cc1cc(C(=O)Nc2nccn2C)c2cccc(Cl)c2n1. The first kappa shape index (κ1) is 13.6. The summed E-state index contributed by atoms with van der Waals surface area (Å²) in [4.78, 5) is 21.0. The van der Waals surface area contributed by atoms with Gasteiger partial charge in [-0.05, 0) is 19.1 Å². The summed E-state index contributed by atoms with van der Waals surface area (Å²) in [6.07, 6.45) is 3.39. The first-order valence-electron chi connectivity index (χ1n) is 6.41. The lowest BCUT2D eigenvalue weighted by Crippen LogP contribution is -2.16. The van der Waals surface area contributed by atoms with Gasteiger partial charge in [-0.1, -0.05) is 23.7 Å². The van der Waals surface area contributed by atoms with Crippen LogP contribution in [0.3, 0.4) is 0 Å². The minimum atomic E-state index is -0.234. The number of hydrogen-bond donors (Lipinski definition) is 1. The van der Waals surface area contributed by atoms with Crippen LogP contribution in [0.4, 0.5) is 5.95 Å². The number of nitrogens with zero attached hydrogens (tertiary/aromatic N) is 3. The lowest BCUT2D eigenvalue weighted by molar-refractivity contribution is 0.102. The van der Waals surface area contributed by atoms with E-state index in [4.69, 9.17) is 11.6 Å². The molecule has 6 heteroatoms. The van der Waals surface area contributed by atoms with Crippen molar-refractivity contribution in [3.05, 3.63) is 52.9 Å². The molecule has 0 atom stereocenters. The molecule has 3 rings (SSSR count). The van der Waals surface area contributed by atoms with E-state index >= 15 is 0 Å². The highest BCUT2D eigenvalue weighted by Gasteiger charge is 2.15. The number of hydrogen-bond acceptors (Lipinski definition) is 3. The second-order valence-electron chi connectivity index (χ2n) is 4.76. The molecule has 2 aromatic heterocycles. The van der Waals surface area contributed by atoms with E-state index in [0.717, 1.165) is 11.1 Å². The summed E-state index contributed by atoms with van der Waals surface area (Å²) in [6.45, 7) is 1.83. The third-order valence-corrected chi connectivity index (χ3v) is 3.51. The van der Waals surface area contributed by atoms with Gasteiger partial charge >= 0.3 is 0 Å². The van der Waals surface area contributed by atoms with Crippen molar-refractivity contribution in [1.29, 1.82) is 0 Å². The molecule has 0 spiro atoms. The average molecular weight is 301 g/mol. The number of amides is 1. The van der Waals surface area contributed by atoms with Gasteiger partial charge in [-0.3, -0.25) is 15.1 Å². The number of pyridine rings is 1. The van der Waals surface area contributed by atoms with Crippen LogP contribution in [0, 0.1) is 6.92 Å². The number of carbonyl (C=O) groups excluding carboxylic acids is 1. The lowest BCUT2D eigenvalue weighted by Gasteiger charge is -2.09. The second kappa shape index (κ2) is 5.18. The van der Waals surface area contributed by atoms with Gasteiger partial charge in [0, 0.05) is 30.5 Å². The fourth-order valence-corrected chi connectivity index (χ4v) is 2.40. The summed E-state index contributed by atoms with van der Waals surface area (Å²) in [5, 5.41) is 4.04. The molecular formula is C15H13ClN4O. The number of aromatic nitrogens is 3. The van der Waals surface area contributed by atoms with Crippen LogP contribution >= 0.6 is 11.6 Å². The highest BCUT2D eigenvalue weighted by atomic mass is 35.5. The van der Waals surface area contributed by atoms with Crippen LogP contribution in [-0.2, 0) is 7.05 Å². The predicted molar refractivity (Wildman–Crippen MR) is 82.7 cm³/mol. The maximum absolute atomic E-state index is 12.5. The molecule has 5 nitrogen and oxygen atoms in total. The van der Waals surface area contributed by atoms with Gasteiger partial charge in [-0.15, -0.1) is 0 Å². The Balaban J connectivity index is 2.09. The van der Waals surface area contributed by atoms with Gasteiger partial charge in [0.2, 0.25) is 5.95 Å². The number of rotatable bonds is 2. The Morgan fingerprint density at radius 3 is 2.90 bits per heavy atom. The molecular weight excluding hydrogens is 288 g/mol. The van der Waals surface area contributed by atoms with Crippen LogP contribution < -0.4 is 5.32 Å². The number of carbonyl (C=O) groups is 1. The van der Waals surface area contributed by atoms with E-state index in [9.17, 15) is 4.79 Å². The van der Waals surface area contributed by atoms with Crippen molar-refractivity contribution in [3.63, 3.8) is 0 Å². The van der Waals surface area contributed by atoms with E-state index < -0.39 is 0 Å². The first-order valence-corrected chi connectivity index (χ1v) is 6.78. The zero-order chi connectivity index (χ0) is 15.0. The number of anilines is 1. The number of para-hydroxylation sites is 1. The molecule has 21 heavy (non-hydrogen) atoms. The summed E-state index contributed by atoms with van der Waals surface area (Å²) >= 11 is 6.16. The molecule has 2 heterocycles. The summed E-state index contributed by atoms with van der Waals surface area (Å²) < 4.78 is 1.74. The van der Waals surface area contributed by atoms with Crippen molar-refractivity contribution in [1.82, 2.24) is 14.5 Å². The van der Waals surface area contributed by atoms with Gasteiger partial charge in [-0.2, -0.15) is 0 Å². The van der Waals surface area contributed by atoms with Crippen molar-refractivity contribution in [2.45, 2.75) is 6.92 Å². The van der Waals surface area contributed by atoms with E-state index in [-0.39, 0.29) is 5.91 Å². The molecule has 106 valence electrons. The number of halogens is 1. The molecule has 0 saturated carbocycles. The third-order valence-electron chi connectivity index (χ3n) is 3.21. The smallest absolute Gasteiger partial charge is 0.258 e. The summed E-state index contributed by atoms with van der Waals surface area (Å²) in [6, 6.07) is 7.15. The number of fused-ring (bicyclic) bond motifs is 1. The van der Waals surface area contributed by atoms with Gasteiger partial charge < -0.3 is 4.57 Å². The largest absolute Gasteiger partial charge is 0.320 e. The van der Waals surface area contributed by atoms with Crippen molar-refractivity contribution in [3.8, 4) is 0 Å². The zero-order valence-electron chi connectivity index (χ0n) is 11.6. The molecule has 1 aromatic carbocycles. The number of benzene rings is 1. The molecule has 0 radical (unpaired) electrons. The molecule has 1 amide bonds. The van der Waals surface area contributed by atoms with Crippen LogP contribution in [-0.4, -0.2) is 20.4 Å². The maximum atomic E-state index is 12.5. The molecule has 0 saturated heterocycles. The van der Waals surface area contributed by atoms with Crippen molar-refractivity contribution in [2.75, 3.05) is 5.32 Å². The molecule has 0 aliphatic rings. The van der Waals surface area contributed by atoms with Gasteiger partial charge in [0.25, 0.3) is 5.91 Å². The Morgan fingerprint density at radius 1 is 1.38 bits per heavy atom. The van der Waals surface area contributed by atoms with E-state index in [1.54, 1.807) is 35.2 Å². The molecule has 0 bridgehead atoms. The topological polar surface area (TPSA) is 59.8 Å². The van der Waals surface area contributed by atoms with Crippen molar-refractivity contribution >= 4 is 34.4 Å². The third kappa shape index (κ3) is 2.48. The fourth-order valence-electron chi connectivity index (χ4n) is 2.18. The van der Waals surface area contributed by atoms with Crippen LogP contribution in [0.15, 0.2) is 36.7 Å². The molecule has 3 aromatic rings. The first-order chi connectivity index (χ1) is 10.1. The molecule has 0 aliphatic heterocycles. The van der Waals surface area contributed by atoms with Gasteiger partial charge in [0.05, 0.1) is 16.1 Å². The number of imidazole rings is 1. The maximum Gasteiger partial charge on any atom is 0.258 e. The summed E-state index contributed by atoms with van der Waals surface area (Å²) in [5.41, 5.74) is 1.90. The van der Waals surface area contributed by atoms with Crippen molar-refractivity contribution < 1.29 is 4.79 Å². The van der Waals surface area contributed by atoms with E-state index in [1.807, 2.05) is 20.0 Å². The van der Waals surface area contributed by atoms with E-state index in [1.165, 1.54) is 0 Å². The Hall–Kier alpha value is -2.40. The van der Waals surface area contributed by atoms with Crippen LogP contribution in [0.5, 0.6) is 0 Å². The fraction of sp³-hybridized carbons (Fsp3) is 0.133. The van der Waals surface area contributed by atoms with Gasteiger partial charge in [0.1, 0.15) is 0 Å². The highest BCUT2D eigenvalue weighted by molar-refractivity contribution is 6.35. The zero-order valence-corrected chi connectivity index (χ0v) is 12.3. The van der Waals surface area contributed by atoms with Crippen LogP contribution in [0.25, 0.3) is 10.9 Å². The number of aryl methyl sites for hydroxylation is 2. The lowest BCUT2D eigenvalue weighted by atomic mass is 10.1. The standard InChI is InChI=1S/C15H13ClN4O/c1-9-8-11(10-4-3-5-12(16)13(10)18-9)14(21)19-15-17-6-7-20(15)2/h3-8H,1-2H3,(H,17,19,21). The summed E-state index contributed by atoms with van der Waals surface area (Å²) in [7, 11) is 1.81. The summed E-state index contributed by atoms with van der Waals surface area (Å²) in [5.74, 6) is 0.256. The molecule has 0 unspecified atom stereocenters. The normalized spacial score (nSPS) is 10.8. The molecule has 0 aliphatic carbocycles. The Bertz CT molecular complexity index is 841. The monoisotopic (exact) mass is 300 g/mol. The minimum absolute atomic E-state index is 0.234. The van der Waals surface area contributed by atoms with Gasteiger partial charge in [-0.25, -0.2) is 4.98 Å². The Labute approximate surface area is 126 Å². The average Bonchev–Trinajstić information content (AvgIpc) is 2.84. The number of nitrogens with one attached hydrogen (secondary N) is 1. The van der Waals surface area contributed by atoms with E-state index in [2.05, 4.69) is 15.3 Å². The molecule has 0 fully saturated rings. The van der Waals surface area contributed by atoms with Crippen LogP contribution in [0.2, 0.25) is 5.02 Å². The quantitative estimate of drug-likeness (QED) is 0.790. The Morgan fingerprint density at radius 2 is 2.19 bits per heavy atom. The van der Waals surface area contributed by atoms with Crippen LogP contribution in [0.1, 0.15) is 16.1 Å². The van der Waals surface area contributed by atoms with E-state index in [0.29, 0.717) is 22.1 Å². The minimum Gasteiger partial charge on any atom is -0.320 e.